The molecule has 1 atom stereocenters. The molecule has 3 aromatic rings. The average Bonchev–Trinajstić information content (AvgIpc) is 2.96. The number of aromatic amines is 1. The molecule has 0 saturated heterocycles. The lowest BCUT2D eigenvalue weighted by atomic mass is 10.0. The zero-order valence-electron chi connectivity index (χ0n) is 17.2. The molecular weight excluding hydrogens is 418 g/mol. The number of thioether (sulfide) groups is 1. The van der Waals surface area contributed by atoms with Crippen molar-refractivity contribution >= 4 is 23.2 Å². The van der Waals surface area contributed by atoms with Crippen LogP contribution in [0.1, 0.15) is 22.8 Å². The highest BCUT2D eigenvalue weighted by molar-refractivity contribution is 7.99. The van der Waals surface area contributed by atoms with Gasteiger partial charge in [-0.15, -0.1) is 11.8 Å². The van der Waals surface area contributed by atoms with Crippen molar-refractivity contribution in [2.75, 3.05) is 14.2 Å². The maximum atomic E-state index is 12.6. The standard InChI is InChI=1S/C22H21N3O5S/c1-25-21(27)19(20(26)24-22(25)28)15-11-18(31-17-7-5-4-6-14(17)23-15)13-9-8-12(29-2)10-16(13)30-3/h4-10,18,27H,11H2,1-3H3,(H,24,26,28)/t18-/m1/s1. The van der Waals surface area contributed by atoms with Crippen LogP contribution in [0.2, 0.25) is 0 Å². The van der Waals surface area contributed by atoms with Gasteiger partial charge in [0.2, 0.25) is 5.88 Å². The number of aromatic hydroxyl groups is 1. The van der Waals surface area contributed by atoms with E-state index in [2.05, 4.69) is 4.98 Å². The van der Waals surface area contributed by atoms with Crippen LogP contribution in [0.4, 0.5) is 5.69 Å². The molecule has 0 unspecified atom stereocenters. The molecule has 0 spiro atoms. The van der Waals surface area contributed by atoms with Gasteiger partial charge in [-0.3, -0.25) is 19.3 Å². The van der Waals surface area contributed by atoms with Crippen molar-refractivity contribution in [2.24, 2.45) is 12.0 Å². The Morgan fingerprint density at radius 2 is 1.94 bits per heavy atom. The minimum Gasteiger partial charge on any atom is -0.497 e. The van der Waals surface area contributed by atoms with Gasteiger partial charge in [0, 0.05) is 35.2 Å². The highest BCUT2D eigenvalue weighted by Gasteiger charge is 2.28. The van der Waals surface area contributed by atoms with Gasteiger partial charge in [-0.25, -0.2) is 4.79 Å². The molecule has 2 heterocycles. The number of aromatic nitrogens is 2. The number of aliphatic imine (C=N–C) groups is 1. The van der Waals surface area contributed by atoms with Crippen molar-refractivity contribution in [3.63, 3.8) is 0 Å². The number of hydrogen-bond acceptors (Lipinski definition) is 7. The Labute approximate surface area is 182 Å². The maximum Gasteiger partial charge on any atom is 0.330 e. The summed E-state index contributed by atoms with van der Waals surface area (Å²) < 4.78 is 11.9. The van der Waals surface area contributed by atoms with Crippen molar-refractivity contribution in [2.45, 2.75) is 16.6 Å². The van der Waals surface area contributed by atoms with E-state index in [0.717, 1.165) is 15.0 Å². The molecule has 0 fully saturated rings. The van der Waals surface area contributed by atoms with Gasteiger partial charge in [0.05, 0.1) is 25.6 Å². The van der Waals surface area contributed by atoms with Crippen LogP contribution in [-0.4, -0.2) is 34.6 Å². The SMILES string of the molecule is COc1ccc([C@H]2CC(c3c(O)n(C)c(=O)[nH]c3=O)=Nc3ccccc3S2)c(OC)c1. The smallest absolute Gasteiger partial charge is 0.330 e. The van der Waals surface area contributed by atoms with Gasteiger partial charge < -0.3 is 14.6 Å². The highest BCUT2D eigenvalue weighted by atomic mass is 32.2. The first-order valence-corrected chi connectivity index (χ1v) is 10.4. The fourth-order valence-corrected chi connectivity index (χ4v) is 4.76. The molecule has 160 valence electrons. The van der Waals surface area contributed by atoms with Gasteiger partial charge >= 0.3 is 5.69 Å². The number of methoxy groups -OCH3 is 2. The number of fused-ring (bicyclic) bond motifs is 1. The first-order chi connectivity index (χ1) is 14.9. The van der Waals surface area contributed by atoms with Crippen LogP contribution >= 0.6 is 11.8 Å². The summed E-state index contributed by atoms with van der Waals surface area (Å²) in [6.07, 6.45) is 0.330. The molecule has 0 amide bonds. The van der Waals surface area contributed by atoms with Crippen LogP contribution in [0.15, 0.2) is 61.9 Å². The summed E-state index contributed by atoms with van der Waals surface area (Å²) in [4.78, 5) is 32.4. The van der Waals surface area contributed by atoms with Gasteiger partial charge in [0.25, 0.3) is 5.56 Å². The molecule has 1 aliphatic rings. The van der Waals surface area contributed by atoms with Gasteiger partial charge in [0.15, 0.2) is 0 Å². The molecule has 0 aliphatic carbocycles. The Hall–Kier alpha value is -3.46. The summed E-state index contributed by atoms with van der Waals surface area (Å²) in [5, 5.41) is 10.4. The quantitative estimate of drug-likeness (QED) is 0.647. The molecular formula is C22H21N3O5S. The van der Waals surface area contributed by atoms with Crippen LogP contribution in [-0.2, 0) is 7.05 Å². The van der Waals surface area contributed by atoms with E-state index in [1.807, 2.05) is 36.4 Å². The third kappa shape index (κ3) is 3.84. The Balaban J connectivity index is 1.91. The van der Waals surface area contributed by atoms with Gasteiger partial charge in [-0.1, -0.05) is 18.2 Å². The summed E-state index contributed by atoms with van der Waals surface area (Å²) in [6.45, 7) is 0. The third-order valence-corrected chi connectivity index (χ3v) is 6.44. The van der Waals surface area contributed by atoms with E-state index in [-0.39, 0.29) is 10.8 Å². The van der Waals surface area contributed by atoms with Crippen LogP contribution in [0.25, 0.3) is 0 Å². The van der Waals surface area contributed by atoms with Crippen molar-refractivity contribution in [1.82, 2.24) is 9.55 Å². The molecule has 4 rings (SSSR count). The van der Waals surface area contributed by atoms with Gasteiger partial charge in [0.1, 0.15) is 17.1 Å². The molecule has 0 radical (unpaired) electrons. The van der Waals surface area contributed by atoms with Gasteiger partial charge in [-0.2, -0.15) is 0 Å². The first-order valence-electron chi connectivity index (χ1n) is 9.50. The van der Waals surface area contributed by atoms with Crippen LogP contribution in [0.3, 0.4) is 0 Å². The first kappa shape index (κ1) is 20.8. The normalized spacial score (nSPS) is 15.6. The van der Waals surface area contributed by atoms with Crippen molar-refractivity contribution in [3.8, 4) is 17.4 Å². The monoisotopic (exact) mass is 439 g/mol. The Morgan fingerprint density at radius 3 is 2.68 bits per heavy atom. The lowest BCUT2D eigenvalue weighted by Gasteiger charge is -2.19. The van der Waals surface area contributed by atoms with E-state index >= 15 is 0 Å². The molecule has 8 nitrogen and oxygen atoms in total. The second-order valence-electron chi connectivity index (χ2n) is 6.96. The van der Waals surface area contributed by atoms with E-state index in [1.54, 1.807) is 32.0 Å². The lowest BCUT2D eigenvalue weighted by molar-refractivity contribution is 0.391. The van der Waals surface area contributed by atoms with E-state index in [9.17, 15) is 14.7 Å². The molecule has 31 heavy (non-hydrogen) atoms. The number of rotatable bonds is 4. The van der Waals surface area contributed by atoms with E-state index in [4.69, 9.17) is 14.5 Å². The number of ether oxygens (including phenoxy) is 2. The Morgan fingerprint density at radius 1 is 1.16 bits per heavy atom. The Bertz CT molecular complexity index is 1300. The molecule has 2 N–H and O–H groups in total. The van der Waals surface area contributed by atoms with Crippen LogP contribution in [0.5, 0.6) is 17.4 Å². The minimum absolute atomic E-state index is 0.0168. The summed E-state index contributed by atoms with van der Waals surface area (Å²) in [5.41, 5.74) is 0.586. The molecule has 0 saturated carbocycles. The predicted molar refractivity (Wildman–Crippen MR) is 119 cm³/mol. The van der Waals surface area contributed by atoms with Gasteiger partial charge in [-0.05, 0) is 18.2 Å². The predicted octanol–water partition coefficient (Wildman–Crippen LogP) is 3.15. The minimum atomic E-state index is -0.691. The summed E-state index contributed by atoms with van der Waals surface area (Å²) in [6, 6.07) is 13.2. The number of nitrogens with zero attached hydrogens (tertiary/aromatic N) is 2. The zero-order valence-corrected chi connectivity index (χ0v) is 18.0. The van der Waals surface area contributed by atoms with E-state index in [0.29, 0.717) is 29.3 Å². The highest BCUT2D eigenvalue weighted by Crippen LogP contribution is 2.48. The molecule has 1 aliphatic heterocycles. The van der Waals surface area contributed by atoms with E-state index < -0.39 is 17.1 Å². The van der Waals surface area contributed by atoms with Crippen molar-refractivity contribution < 1.29 is 14.6 Å². The fraction of sp³-hybridized carbons (Fsp3) is 0.227. The molecule has 2 aromatic carbocycles. The third-order valence-electron chi connectivity index (χ3n) is 5.14. The molecule has 0 bridgehead atoms. The van der Waals surface area contributed by atoms with Crippen molar-refractivity contribution in [3.05, 3.63) is 74.4 Å². The summed E-state index contributed by atoms with van der Waals surface area (Å²) >= 11 is 1.59. The van der Waals surface area contributed by atoms with Crippen LogP contribution in [0, 0.1) is 0 Å². The number of H-pyrrole nitrogens is 1. The second-order valence-corrected chi connectivity index (χ2v) is 8.21. The fourth-order valence-electron chi connectivity index (χ4n) is 3.50. The van der Waals surface area contributed by atoms with Crippen LogP contribution < -0.4 is 20.7 Å². The number of nitrogens with one attached hydrogen (secondary N) is 1. The molecule has 1 aromatic heterocycles. The lowest BCUT2D eigenvalue weighted by Crippen LogP contribution is -2.32. The van der Waals surface area contributed by atoms with Crippen molar-refractivity contribution in [1.29, 1.82) is 0 Å². The number of para-hydroxylation sites is 1. The second kappa shape index (κ2) is 8.35. The maximum absolute atomic E-state index is 12.6. The summed E-state index contributed by atoms with van der Waals surface area (Å²) in [7, 11) is 4.57. The average molecular weight is 439 g/mol. The largest absolute Gasteiger partial charge is 0.497 e. The topological polar surface area (TPSA) is 106 Å². The summed E-state index contributed by atoms with van der Waals surface area (Å²) in [5.74, 6) is 0.896. The zero-order chi connectivity index (χ0) is 22.1. The Kier molecular flexibility index (Phi) is 5.60. The number of hydrogen-bond donors (Lipinski definition) is 2. The van der Waals surface area contributed by atoms with E-state index in [1.165, 1.54) is 7.05 Å². The number of benzene rings is 2. The molecule has 9 heteroatoms.